The van der Waals surface area contributed by atoms with Gasteiger partial charge in [0, 0.05) is 31.0 Å². The minimum Gasteiger partial charge on any atom is -0.507 e. The van der Waals surface area contributed by atoms with E-state index in [0.29, 0.717) is 42.5 Å². The summed E-state index contributed by atoms with van der Waals surface area (Å²) in [6.07, 6.45) is 5.89. The van der Waals surface area contributed by atoms with E-state index in [1.54, 1.807) is 35.6 Å². The molecule has 2 aromatic carbocycles. The molecule has 7 nitrogen and oxygen atoms in total. The van der Waals surface area contributed by atoms with Gasteiger partial charge < -0.3 is 19.3 Å². The average molecular weight is 522 g/mol. The average Bonchev–Trinajstić information content (AvgIpc) is 3.47. The molecule has 0 spiro atoms. The molecule has 2 heterocycles. The van der Waals surface area contributed by atoms with Crippen LogP contribution in [-0.4, -0.2) is 44.4 Å². The molecule has 0 aliphatic carbocycles. The number of aryl methyl sites for hydroxylation is 1. The smallest absolute Gasteiger partial charge is 0.295 e. The molecule has 0 radical (unpaired) electrons. The Balaban J connectivity index is 1.75. The fourth-order valence-electron chi connectivity index (χ4n) is 4.54. The normalized spacial score (nSPS) is 17.4. The second-order valence-corrected chi connectivity index (χ2v) is 10.5. The lowest BCUT2D eigenvalue weighted by Crippen LogP contribution is -2.31. The number of ether oxygens (including phenoxy) is 1. The molecule has 1 N–H and O–H groups in total. The largest absolute Gasteiger partial charge is 0.507 e. The zero-order valence-electron chi connectivity index (χ0n) is 21.6. The lowest BCUT2D eigenvalue weighted by atomic mass is 9.85. The summed E-state index contributed by atoms with van der Waals surface area (Å²) < 4.78 is 7.41. The van der Waals surface area contributed by atoms with E-state index < -0.39 is 17.7 Å². The fraction of sp³-hybridized carbons (Fsp3) is 0.345. The van der Waals surface area contributed by atoms with E-state index in [-0.39, 0.29) is 16.7 Å². The summed E-state index contributed by atoms with van der Waals surface area (Å²) in [5.41, 5.74) is 2.24. The molecule has 8 heteroatoms. The lowest BCUT2D eigenvalue weighted by Gasteiger charge is -2.26. The number of Topliss-reactive ketones (excluding diaryl/α,β-unsaturated/α-hetero) is 1. The minimum absolute atomic E-state index is 0.0514. The number of carbonyl (C=O) groups is 2. The highest BCUT2D eigenvalue weighted by atomic mass is 35.5. The summed E-state index contributed by atoms with van der Waals surface area (Å²) >= 11 is 6.36. The van der Waals surface area contributed by atoms with Crippen LogP contribution in [0.25, 0.3) is 5.76 Å². The Labute approximate surface area is 222 Å². The Bertz CT molecular complexity index is 1310. The van der Waals surface area contributed by atoms with Crippen molar-refractivity contribution in [3.63, 3.8) is 0 Å². The number of carbonyl (C=O) groups excluding carboxylic acids is 2. The zero-order chi connectivity index (χ0) is 26.7. The summed E-state index contributed by atoms with van der Waals surface area (Å²) in [5.74, 6) is -1.12. The zero-order valence-corrected chi connectivity index (χ0v) is 22.3. The lowest BCUT2D eigenvalue weighted by molar-refractivity contribution is -0.139. The van der Waals surface area contributed by atoms with Crippen molar-refractivity contribution in [2.45, 2.75) is 52.1 Å². The first kappa shape index (κ1) is 26.5. The van der Waals surface area contributed by atoms with Crippen LogP contribution in [-0.2, 0) is 21.5 Å². The first-order valence-electron chi connectivity index (χ1n) is 12.4. The SMILES string of the molecule is CCOc1ccc(C(O)=C2C(=O)C(=O)N(CCCn3ccnc3)[C@H]2c2ccc(C(C)(C)C)cc2)cc1Cl. The Kier molecular flexibility index (Phi) is 7.73. The van der Waals surface area contributed by atoms with Crippen molar-refractivity contribution < 1.29 is 19.4 Å². The molecular weight excluding hydrogens is 490 g/mol. The van der Waals surface area contributed by atoms with Crippen molar-refractivity contribution in [3.05, 3.63) is 88.5 Å². The van der Waals surface area contributed by atoms with Crippen molar-refractivity contribution >= 4 is 29.1 Å². The first-order valence-corrected chi connectivity index (χ1v) is 12.8. The monoisotopic (exact) mass is 521 g/mol. The van der Waals surface area contributed by atoms with Crippen LogP contribution in [0.1, 0.15) is 56.8 Å². The number of nitrogens with zero attached hydrogens (tertiary/aromatic N) is 3. The topological polar surface area (TPSA) is 84.7 Å². The van der Waals surface area contributed by atoms with Crippen molar-refractivity contribution in [2.75, 3.05) is 13.2 Å². The third kappa shape index (κ3) is 5.57. The molecule has 1 atom stereocenters. The van der Waals surface area contributed by atoms with Gasteiger partial charge in [-0.2, -0.15) is 0 Å². The molecule has 1 aromatic heterocycles. The Morgan fingerprint density at radius 1 is 1.11 bits per heavy atom. The number of aromatic nitrogens is 2. The predicted octanol–water partition coefficient (Wildman–Crippen LogP) is 5.74. The third-order valence-electron chi connectivity index (χ3n) is 6.51. The van der Waals surface area contributed by atoms with Crippen molar-refractivity contribution in [3.8, 4) is 5.75 Å². The van der Waals surface area contributed by atoms with Crippen LogP contribution in [0.5, 0.6) is 5.75 Å². The van der Waals surface area contributed by atoms with Gasteiger partial charge in [-0.3, -0.25) is 9.59 Å². The van der Waals surface area contributed by atoms with Crippen molar-refractivity contribution in [1.82, 2.24) is 14.5 Å². The Morgan fingerprint density at radius 3 is 2.43 bits per heavy atom. The summed E-state index contributed by atoms with van der Waals surface area (Å²) in [6, 6.07) is 12.0. The maximum Gasteiger partial charge on any atom is 0.295 e. The van der Waals surface area contributed by atoms with Crippen LogP contribution >= 0.6 is 11.6 Å². The summed E-state index contributed by atoms with van der Waals surface area (Å²) in [6.45, 7) is 9.66. The summed E-state index contributed by atoms with van der Waals surface area (Å²) in [4.78, 5) is 32.1. The van der Waals surface area contributed by atoms with E-state index in [1.165, 1.54) is 0 Å². The number of imidazole rings is 1. The molecule has 1 aliphatic heterocycles. The second kappa shape index (κ2) is 10.8. The van der Waals surface area contributed by atoms with Crippen LogP contribution in [0, 0.1) is 0 Å². The highest BCUT2D eigenvalue weighted by Crippen LogP contribution is 2.41. The number of rotatable bonds is 8. The Morgan fingerprint density at radius 2 is 1.84 bits per heavy atom. The number of aliphatic hydroxyl groups is 1. The minimum atomic E-state index is -0.720. The second-order valence-electron chi connectivity index (χ2n) is 10.1. The van der Waals surface area contributed by atoms with Gasteiger partial charge in [-0.25, -0.2) is 4.98 Å². The highest BCUT2D eigenvalue weighted by molar-refractivity contribution is 6.46. The maximum absolute atomic E-state index is 13.3. The number of halogens is 1. The van der Waals surface area contributed by atoms with Crippen LogP contribution in [0.3, 0.4) is 0 Å². The van der Waals surface area contributed by atoms with Crippen molar-refractivity contribution in [2.24, 2.45) is 0 Å². The number of hydrogen-bond donors (Lipinski definition) is 1. The van der Waals surface area contributed by atoms with E-state index in [4.69, 9.17) is 16.3 Å². The van der Waals surface area contributed by atoms with Gasteiger partial charge in [0.2, 0.25) is 0 Å². The Hall–Kier alpha value is -3.58. The maximum atomic E-state index is 13.3. The van der Waals surface area contributed by atoms with Gasteiger partial charge in [0.15, 0.2) is 0 Å². The molecule has 1 saturated heterocycles. The number of hydrogen-bond acceptors (Lipinski definition) is 5. The molecule has 194 valence electrons. The molecule has 1 amide bonds. The molecule has 37 heavy (non-hydrogen) atoms. The van der Waals surface area contributed by atoms with Gasteiger partial charge in [-0.05, 0) is 48.1 Å². The molecule has 3 aromatic rings. The molecule has 0 unspecified atom stereocenters. The van der Waals surface area contributed by atoms with Crippen molar-refractivity contribution in [1.29, 1.82) is 0 Å². The van der Waals surface area contributed by atoms with E-state index in [0.717, 1.165) is 11.1 Å². The van der Waals surface area contributed by atoms with E-state index in [9.17, 15) is 14.7 Å². The molecule has 4 rings (SSSR count). The van der Waals surface area contributed by atoms with E-state index in [1.807, 2.05) is 42.0 Å². The number of likely N-dealkylation sites (tertiary alicyclic amines) is 1. The van der Waals surface area contributed by atoms with Gasteiger partial charge >= 0.3 is 0 Å². The van der Waals surface area contributed by atoms with Gasteiger partial charge in [0.1, 0.15) is 11.5 Å². The number of amides is 1. The molecular formula is C29H32ClN3O4. The number of benzene rings is 2. The van der Waals surface area contributed by atoms with E-state index >= 15 is 0 Å². The predicted molar refractivity (Wildman–Crippen MR) is 144 cm³/mol. The van der Waals surface area contributed by atoms with Gasteiger partial charge in [0.05, 0.1) is 29.6 Å². The first-order chi connectivity index (χ1) is 17.6. The molecule has 1 aliphatic rings. The summed E-state index contributed by atoms with van der Waals surface area (Å²) in [7, 11) is 0. The highest BCUT2D eigenvalue weighted by Gasteiger charge is 2.45. The number of aliphatic hydroxyl groups excluding tert-OH is 1. The standard InChI is InChI=1S/C29H32ClN3O4/c1-5-37-23-12-9-20(17-22(23)30)26(34)24-25(19-7-10-21(11-8-19)29(2,3)4)33(28(36)27(24)35)15-6-14-32-16-13-31-18-32/h7-13,16-18,25,34H,5-6,14-15H2,1-4H3/t25-/m0/s1. The quantitative estimate of drug-likeness (QED) is 0.232. The van der Waals surface area contributed by atoms with Gasteiger partial charge in [-0.15, -0.1) is 0 Å². The van der Waals surface area contributed by atoms with Crippen LogP contribution in [0.15, 0.2) is 66.8 Å². The molecule has 0 saturated carbocycles. The van der Waals surface area contributed by atoms with Gasteiger partial charge in [-0.1, -0.05) is 56.6 Å². The summed E-state index contributed by atoms with van der Waals surface area (Å²) in [5, 5.41) is 11.6. The van der Waals surface area contributed by atoms with Crippen LogP contribution < -0.4 is 4.74 Å². The molecule has 0 bridgehead atoms. The third-order valence-corrected chi connectivity index (χ3v) is 6.81. The van der Waals surface area contributed by atoms with Crippen LogP contribution in [0.2, 0.25) is 5.02 Å². The fourth-order valence-corrected chi connectivity index (χ4v) is 4.78. The van der Waals surface area contributed by atoms with E-state index in [2.05, 4.69) is 25.8 Å². The number of ketones is 1. The van der Waals surface area contributed by atoms with Crippen LogP contribution in [0.4, 0.5) is 0 Å². The van der Waals surface area contributed by atoms with Gasteiger partial charge in [0.25, 0.3) is 11.7 Å². The molecule has 1 fully saturated rings.